The van der Waals surface area contributed by atoms with Crippen LogP contribution in [0.3, 0.4) is 0 Å². The Hall–Kier alpha value is -1.48. The Morgan fingerprint density at radius 1 is 1.15 bits per heavy atom. The summed E-state index contributed by atoms with van der Waals surface area (Å²) >= 11 is 5.68. The molecule has 3 nitrogen and oxygen atoms in total. The van der Waals surface area contributed by atoms with Gasteiger partial charge >= 0.3 is 5.91 Å². The van der Waals surface area contributed by atoms with Crippen LogP contribution in [0.25, 0.3) is 5.03 Å². The molecule has 1 aromatic carbocycles. The second-order valence-corrected chi connectivity index (χ2v) is 2.96. The third-order valence-electron chi connectivity index (χ3n) is 1.76. The molecule has 0 unspecified atom stereocenters. The minimum absolute atomic E-state index is 0.0457. The van der Waals surface area contributed by atoms with E-state index in [9.17, 15) is 9.59 Å². The predicted octanol–water partition coefficient (Wildman–Crippen LogP) is -0.238. The minimum atomic E-state index is -0.802. The van der Waals surface area contributed by atoms with Gasteiger partial charge in [-0.25, -0.2) is 4.99 Å². The molecule has 0 aromatic heterocycles. The Balaban J connectivity index is 2.97. The van der Waals surface area contributed by atoms with E-state index in [0.717, 1.165) is 0 Å². The molecule has 0 saturated heterocycles. The van der Waals surface area contributed by atoms with E-state index in [2.05, 4.69) is 4.99 Å². The van der Waals surface area contributed by atoms with Gasteiger partial charge in [0.2, 0.25) is 0 Å². The number of hydrogen-bond donors (Lipinski definition) is 0. The van der Waals surface area contributed by atoms with E-state index < -0.39 is 11.7 Å². The number of benzene rings is 1. The highest BCUT2D eigenvalue weighted by molar-refractivity contribution is 6.72. The van der Waals surface area contributed by atoms with E-state index in [0.29, 0.717) is 10.6 Å². The molecule has 64 valence electrons. The first-order chi connectivity index (χ1) is 6.20. The van der Waals surface area contributed by atoms with Crippen LogP contribution in [-0.4, -0.2) is 11.7 Å². The number of Topliss-reactive ketones (excluding diaryl/α,β-unsaturated/α-hetero) is 1. The maximum absolute atomic E-state index is 11.1. The largest absolute Gasteiger partial charge is 0.319 e. The molecule has 0 N–H and O–H groups in total. The summed E-state index contributed by atoms with van der Waals surface area (Å²) in [4.78, 5) is 25.6. The fraction of sp³-hybridized carbons (Fsp3) is 0. The van der Waals surface area contributed by atoms with Crippen molar-refractivity contribution in [1.82, 2.24) is 0 Å². The fourth-order valence-electron chi connectivity index (χ4n) is 1.13. The van der Waals surface area contributed by atoms with Crippen molar-refractivity contribution in [2.24, 2.45) is 4.99 Å². The lowest BCUT2D eigenvalue weighted by Crippen LogP contribution is -2.35. The molecule has 0 fully saturated rings. The average Bonchev–Trinajstić information content (AvgIpc) is 2.15. The summed E-state index contributed by atoms with van der Waals surface area (Å²) in [5, 5.41) is 0.932. The number of para-hydroxylation sites is 1. The van der Waals surface area contributed by atoms with Gasteiger partial charge in [-0.05, 0) is 6.07 Å². The molecule has 1 aliphatic heterocycles. The first-order valence-corrected chi connectivity index (χ1v) is 4.00. The van der Waals surface area contributed by atoms with Crippen molar-refractivity contribution < 1.29 is 9.59 Å². The summed E-state index contributed by atoms with van der Waals surface area (Å²) in [6.45, 7) is 0. The van der Waals surface area contributed by atoms with Crippen molar-refractivity contribution in [3.8, 4) is 0 Å². The maximum atomic E-state index is 11.1. The van der Waals surface area contributed by atoms with Crippen LogP contribution in [0.1, 0.15) is 0 Å². The number of hydrogen-bond acceptors (Lipinski definition) is 2. The molecule has 0 radical (unpaired) electrons. The highest BCUT2D eigenvalue weighted by Crippen LogP contribution is 2.04. The maximum Gasteiger partial charge on any atom is 0.319 e. The van der Waals surface area contributed by atoms with Gasteiger partial charge in [-0.1, -0.05) is 29.8 Å². The van der Waals surface area contributed by atoms with Crippen LogP contribution in [0.4, 0.5) is 0 Å². The van der Waals surface area contributed by atoms with Crippen LogP contribution >= 0.6 is 11.6 Å². The molecule has 2 rings (SSSR count). The highest BCUT2D eigenvalue weighted by Gasteiger charge is 2.20. The number of amides is 1. The van der Waals surface area contributed by atoms with E-state index in [4.69, 9.17) is 11.6 Å². The lowest BCUT2D eigenvalue weighted by Gasteiger charge is -2.00. The van der Waals surface area contributed by atoms with Crippen molar-refractivity contribution in [2.75, 3.05) is 0 Å². The van der Waals surface area contributed by atoms with Gasteiger partial charge in [0.05, 0.1) is 5.36 Å². The van der Waals surface area contributed by atoms with Crippen LogP contribution in [0.2, 0.25) is 0 Å². The second kappa shape index (κ2) is 2.78. The summed E-state index contributed by atoms with van der Waals surface area (Å²) in [7, 11) is 0. The van der Waals surface area contributed by atoms with Gasteiger partial charge in [0, 0.05) is 5.22 Å². The van der Waals surface area contributed by atoms with E-state index in [1.165, 1.54) is 0 Å². The van der Waals surface area contributed by atoms with E-state index in [1.807, 2.05) is 0 Å². The summed E-state index contributed by atoms with van der Waals surface area (Å²) in [6, 6.07) is 6.77. The standard InChI is InChI=1S/C9H4ClNO2/c10-7-5-3-1-2-4-6(5)11-9(13)8(7)12/h1-4H. The number of carbonyl (C=O) groups excluding carboxylic acids is 2. The molecule has 0 saturated carbocycles. The molecule has 0 aliphatic carbocycles. The molecule has 13 heavy (non-hydrogen) atoms. The second-order valence-electron chi connectivity index (χ2n) is 2.58. The first-order valence-electron chi connectivity index (χ1n) is 3.62. The molecule has 1 amide bonds. The summed E-state index contributed by atoms with van der Waals surface area (Å²) in [5.41, 5.74) is 0. The molecule has 0 bridgehead atoms. The Labute approximate surface area is 78.4 Å². The van der Waals surface area contributed by atoms with Crippen molar-refractivity contribution >= 4 is 28.3 Å². The topological polar surface area (TPSA) is 46.5 Å². The smallest absolute Gasteiger partial charge is 0.282 e. The van der Waals surface area contributed by atoms with Crippen LogP contribution in [0, 0.1) is 0 Å². The molecule has 0 atom stereocenters. The van der Waals surface area contributed by atoms with Gasteiger partial charge in [0.15, 0.2) is 0 Å². The summed E-state index contributed by atoms with van der Waals surface area (Å²) in [5.74, 6) is -1.54. The van der Waals surface area contributed by atoms with Crippen molar-refractivity contribution in [1.29, 1.82) is 0 Å². The lowest BCUT2D eigenvalue weighted by molar-refractivity contribution is -0.132. The van der Waals surface area contributed by atoms with Crippen LogP contribution < -0.4 is 10.6 Å². The predicted molar refractivity (Wildman–Crippen MR) is 46.5 cm³/mol. The summed E-state index contributed by atoms with van der Waals surface area (Å²) in [6.07, 6.45) is 0. The molecule has 0 spiro atoms. The Morgan fingerprint density at radius 3 is 2.62 bits per heavy atom. The lowest BCUT2D eigenvalue weighted by atomic mass is 10.2. The van der Waals surface area contributed by atoms with Gasteiger partial charge in [0.1, 0.15) is 5.03 Å². The number of carbonyl (C=O) groups is 2. The Kier molecular flexibility index (Phi) is 1.74. The SMILES string of the molecule is O=C1N=c2ccccc2=C(Cl)C1=O. The van der Waals surface area contributed by atoms with E-state index in [-0.39, 0.29) is 5.03 Å². The van der Waals surface area contributed by atoms with Crippen molar-refractivity contribution in [2.45, 2.75) is 0 Å². The number of nitrogens with zero attached hydrogens (tertiary/aromatic N) is 1. The zero-order valence-electron chi connectivity index (χ0n) is 6.45. The quantitative estimate of drug-likeness (QED) is 0.534. The zero-order valence-corrected chi connectivity index (χ0v) is 7.21. The third-order valence-corrected chi connectivity index (χ3v) is 2.13. The van der Waals surface area contributed by atoms with Crippen LogP contribution in [0.15, 0.2) is 29.3 Å². The number of halogens is 1. The summed E-state index contributed by atoms with van der Waals surface area (Å²) < 4.78 is 0. The minimum Gasteiger partial charge on any atom is -0.282 e. The normalized spacial score (nSPS) is 15.3. The number of ketones is 1. The van der Waals surface area contributed by atoms with Crippen molar-refractivity contribution in [3.63, 3.8) is 0 Å². The van der Waals surface area contributed by atoms with Crippen LogP contribution in [0.5, 0.6) is 0 Å². The van der Waals surface area contributed by atoms with Crippen LogP contribution in [-0.2, 0) is 9.59 Å². The number of fused-ring (bicyclic) bond motifs is 1. The molecular weight excluding hydrogens is 190 g/mol. The van der Waals surface area contributed by atoms with Gasteiger partial charge < -0.3 is 0 Å². The average molecular weight is 194 g/mol. The van der Waals surface area contributed by atoms with Crippen molar-refractivity contribution in [3.05, 3.63) is 34.8 Å². The molecular formula is C9H4ClNO2. The van der Waals surface area contributed by atoms with E-state index in [1.54, 1.807) is 24.3 Å². The van der Waals surface area contributed by atoms with E-state index >= 15 is 0 Å². The fourth-order valence-corrected chi connectivity index (χ4v) is 1.37. The van der Waals surface area contributed by atoms with Gasteiger partial charge in [0.25, 0.3) is 5.78 Å². The number of rotatable bonds is 0. The monoisotopic (exact) mass is 193 g/mol. The first kappa shape index (κ1) is 8.13. The molecule has 4 heteroatoms. The Morgan fingerprint density at radius 2 is 1.85 bits per heavy atom. The molecule has 1 heterocycles. The highest BCUT2D eigenvalue weighted by atomic mass is 35.5. The Bertz CT molecular complexity index is 519. The third kappa shape index (κ3) is 1.17. The molecule has 1 aliphatic rings. The van der Waals surface area contributed by atoms with Gasteiger partial charge in [-0.3, -0.25) is 9.59 Å². The zero-order chi connectivity index (χ0) is 9.42. The van der Waals surface area contributed by atoms with Gasteiger partial charge in [-0.15, -0.1) is 0 Å². The molecule has 1 aromatic rings. The van der Waals surface area contributed by atoms with Gasteiger partial charge in [-0.2, -0.15) is 0 Å².